The van der Waals surface area contributed by atoms with Gasteiger partial charge in [0.2, 0.25) is 0 Å². The van der Waals surface area contributed by atoms with Gasteiger partial charge in [0.15, 0.2) is 0 Å². The summed E-state index contributed by atoms with van der Waals surface area (Å²) in [5.41, 5.74) is 1.04. The van der Waals surface area contributed by atoms with Crippen molar-refractivity contribution >= 4 is 0 Å². The van der Waals surface area contributed by atoms with Gasteiger partial charge in [-0.2, -0.15) is 0 Å². The van der Waals surface area contributed by atoms with Crippen LogP contribution in [0.3, 0.4) is 0 Å². The molecule has 2 unspecified atom stereocenters. The largest absolute Gasteiger partial charge is 0.393 e. The van der Waals surface area contributed by atoms with Gasteiger partial charge in [0.1, 0.15) is 0 Å². The predicted octanol–water partition coefficient (Wildman–Crippen LogP) is 2.05. The fraction of sp³-hybridized carbons (Fsp3) is 0.615. The van der Waals surface area contributed by atoms with Gasteiger partial charge in [-0.05, 0) is 37.3 Å². The minimum atomic E-state index is -0.267. The highest BCUT2D eigenvalue weighted by Gasteiger charge is 2.13. The molecule has 1 rings (SSSR count). The normalized spacial score (nSPS) is 14.7. The second-order valence-corrected chi connectivity index (χ2v) is 4.19. The van der Waals surface area contributed by atoms with Crippen LogP contribution in [0.1, 0.15) is 25.5 Å². The Bertz CT molecular complexity index is 277. The van der Waals surface area contributed by atoms with Gasteiger partial charge in [0, 0.05) is 25.6 Å². The third kappa shape index (κ3) is 4.73. The molecule has 0 saturated heterocycles. The first-order chi connectivity index (χ1) is 7.74. The quantitative estimate of drug-likeness (QED) is 0.769. The number of aliphatic hydroxyl groups excluding tert-OH is 1. The van der Waals surface area contributed by atoms with Gasteiger partial charge in [-0.15, -0.1) is 0 Å². The molecule has 0 radical (unpaired) electrons. The van der Waals surface area contributed by atoms with Gasteiger partial charge in [-0.25, -0.2) is 0 Å². The average molecular weight is 223 g/mol. The Balaban J connectivity index is 2.26. The molecule has 0 bridgehead atoms. The van der Waals surface area contributed by atoms with Crippen molar-refractivity contribution in [3.63, 3.8) is 0 Å². The molecule has 0 aliphatic rings. The fourth-order valence-corrected chi connectivity index (χ4v) is 1.62. The van der Waals surface area contributed by atoms with Crippen LogP contribution >= 0.6 is 0 Å². The average Bonchev–Trinajstić information content (AvgIpc) is 2.34. The Morgan fingerprint density at radius 3 is 2.81 bits per heavy atom. The van der Waals surface area contributed by atoms with E-state index in [0.717, 1.165) is 25.0 Å². The molecule has 2 atom stereocenters. The molecule has 1 heterocycles. The molecule has 0 amide bonds. The summed E-state index contributed by atoms with van der Waals surface area (Å²) >= 11 is 0. The summed E-state index contributed by atoms with van der Waals surface area (Å²) < 4.78 is 5.00. The lowest BCUT2D eigenvalue weighted by Gasteiger charge is -2.18. The van der Waals surface area contributed by atoms with E-state index in [1.54, 1.807) is 13.3 Å². The number of ether oxygens (including phenoxy) is 1. The summed E-state index contributed by atoms with van der Waals surface area (Å²) in [7, 11) is 1.69. The lowest BCUT2D eigenvalue weighted by Crippen LogP contribution is -2.20. The monoisotopic (exact) mass is 223 g/mol. The van der Waals surface area contributed by atoms with Crippen LogP contribution < -0.4 is 0 Å². The first kappa shape index (κ1) is 13.1. The van der Waals surface area contributed by atoms with Crippen LogP contribution in [0.2, 0.25) is 0 Å². The number of aryl methyl sites for hydroxylation is 1. The highest BCUT2D eigenvalue weighted by Crippen LogP contribution is 2.13. The summed E-state index contributed by atoms with van der Waals surface area (Å²) in [6.45, 7) is 2.77. The Labute approximate surface area is 97.5 Å². The van der Waals surface area contributed by atoms with Crippen molar-refractivity contribution in [1.29, 1.82) is 0 Å². The third-order valence-electron chi connectivity index (χ3n) is 2.86. The van der Waals surface area contributed by atoms with E-state index in [1.165, 1.54) is 0 Å². The highest BCUT2D eigenvalue weighted by atomic mass is 16.5. The topological polar surface area (TPSA) is 42.4 Å². The summed E-state index contributed by atoms with van der Waals surface area (Å²) in [5.74, 6) is 0.281. The molecule has 3 heteroatoms. The SMILES string of the molecule is COCCC(C)C(O)CCc1ccccn1. The molecule has 1 N–H and O–H groups in total. The third-order valence-corrected chi connectivity index (χ3v) is 2.86. The van der Waals surface area contributed by atoms with E-state index in [2.05, 4.69) is 11.9 Å². The standard InChI is InChI=1S/C13H21NO2/c1-11(8-10-16-2)13(15)7-6-12-5-3-4-9-14-12/h3-5,9,11,13,15H,6-8,10H2,1-2H3. The number of rotatable bonds is 7. The highest BCUT2D eigenvalue weighted by molar-refractivity contribution is 5.03. The molecule has 90 valence electrons. The number of hydrogen-bond donors (Lipinski definition) is 1. The van der Waals surface area contributed by atoms with Crippen LogP contribution in [-0.4, -0.2) is 29.9 Å². The number of hydrogen-bond acceptors (Lipinski definition) is 3. The maximum absolute atomic E-state index is 9.92. The van der Waals surface area contributed by atoms with E-state index in [-0.39, 0.29) is 12.0 Å². The lowest BCUT2D eigenvalue weighted by atomic mass is 9.97. The Kier molecular flexibility index (Phi) is 6.04. The zero-order chi connectivity index (χ0) is 11.8. The second-order valence-electron chi connectivity index (χ2n) is 4.19. The predicted molar refractivity (Wildman–Crippen MR) is 64.2 cm³/mol. The maximum Gasteiger partial charge on any atom is 0.0570 e. The molecule has 0 aromatic carbocycles. The molecule has 0 fully saturated rings. The number of aromatic nitrogens is 1. The molecule has 3 nitrogen and oxygen atoms in total. The number of nitrogens with zero attached hydrogens (tertiary/aromatic N) is 1. The molecular weight excluding hydrogens is 202 g/mol. The molecule has 0 aliphatic heterocycles. The summed E-state index contributed by atoms with van der Waals surface area (Å²) in [5, 5.41) is 9.92. The van der Waals surface area contributed by atoms with Crippen molar-refractivity contribution in [2.75, 3.05) is 13.7 Å². The molecule has 1 aromatic rings. The first-order valence-electron chi connectivity index (χ1n) is 5.81. The lowest BCUT2D eigenvalue weighted by molar-refractivity contribution is 0.0820. The van der Waals surface area contributed by atoms with Gasteiger partial charge < -0.3 is 9.84 Å². The van der Waals surface area contributed by atoms with E-state index >= 15 is 0 Å². The molecule has 0 aliphatic carbocycles. The van der Waals surface area contributed by atoms with E-state index < -0.39 is 0 Å². The zero-order valence-electron chi connectivity index (χ0n) is 10.1. The van der Waals surface area contributed by atoms with Crippen molar-refractivity contribution in [3.8, 4) is 0 Å². The van der Waals surface area contributed by atoms with Crippen molar-refractivity contribution in [2.24, 2.45) is 5.92 Å². The number of methoxy groups -OCH3 is 1. The summed E-state index contributed by atoms with van der Waals surface area (Å²) in [6.07, 6.45) is 4.02. The Morgan fingerprint density at radius 2 is 2.19 bits per heavy atom. The fourth-order valence-electron chi connectivity index (χ4n) is 1.62. The maximum atomic E-state index is 9.92. The molecule has 0 saturated carbocycles. The Morgan fingerprint density at radius 1 is 1.38 bits per heavy atom. The van der Waals surface area contributed by atoms with Crippen molar-refractivity contribution in [2.45, 2.75) is 32.3 Å². The summed E-state index contributed by atoms with van der Waals surface area (Å²) in [6, 6.07) is 5.87. The number of aliphatic hydroxyl groups is 1. The minimum Gasteiger partial charge on any atom is -0.393 e. The molecule has 1 aromatic heterocycles. The van der Waals surface area contributed by atoms with Gasteiger partial charge in [0.05, 0.1) is 6.10 Å². The van der Waals surface area contributed by atoms with Crippen molar-refractivity contribution in [3.05, 3.63) is 30.1 Å². The second kappa shape index (κ2) is 7.36. The van der Waals surface area contributed by atoms with Crippen LogP contribution in [0.5, 0.6) is 0 Å². The van der Waals surface area contributed by atoms with Crippen LogP contribution in [0.4, 0.5) is 0 Å². The van der Waals surface area contributed by atoms with E-state index in [9.17, 15) is 5.11 Å². The Hall–Kier alpha value is -0.930. The van der Waals surface area contributed by atoms with E-state index in [0.29, 0.717) is 6.61 Å². The van der Waals surface area contributed by atoms with Gasteiger partial charge in [-0.1, -0.05) is 13.0 Å². The smallest absolute Gasteiger partial charge is 0.0570 e. The van der Waals surface area contributed by atoms with Crippen LogP contribution in [0.15, 0.2) is 24.4 Å². The van der Waals surface area contributed by atoms with Crippen LogP contribution in [0.25, 0.3) is 0 Å². The van der Waals surface area contributed by atoms with Crippen molar-refractivity contribution in [1.82, 2.24) is 4.98 Å². The van der Waals surface area contributed by atoms with Crippen molar-refractivity contribution < 1.29 is 9.84 Å². The first-order valence-corrected chi connectivity index (χ1v) is 5.81. The van der Waals surface area contributed by atoms with Crippen LogP contribution in [-0.2, 0) is 11.2 Å². The molecular formula is C13H21NO2. The molecule has 0 spiro atoms. The van der Waals surface area contributed by atoms with E-state index in [1.807, 2.05) is 18.2 Å². The number of pyridine rings is 1. The van der Waals surface area contributed by atoms with Crippen LogP contribution in [0, 0.1) is 5.92 Å². The van der Waals surface area contributed by atoms with Gasteiger partial charge in [-0.3, -0.25) is 4.98 Å². The van der Waals surface area contributed by atoms with Gasteiger partial charge >= 0.3 is 0 Å². The summed E-state index contributed by atoms with van der Waals surface area (Å²) in [4.78, 5) is 4.24. The van der Waals surface area contributed by atoms with E-state index in [4.69, 9.17) is 4.74 Å². The molecule has 16 heavy (non-hydrogen) atoms. The zero-order valence-corrected chi connectivity index (χ0v) is 10.1. The van der Waals surface area contributed by atoms with Gasteiger partial charge in [0.25, 0.3) is 0 Å². The minimum absolute atomic E-state index is 0.267.